The van der Waals surface area contributed by atoms with Crippen molar-refractivity contribution in [2.45, 2.75) is 13.8 Å². The summed E-state index contributed by atoms with van der Waals surface area (Å²) in [6.07, 6.45) is 0. The fourth-order valence-corrected chi connectivity index (χ4v) is 5.15. The summed E-state index contributed by atoms with van der Waals surface area (Å²) in [5.74, 6) is 0.554. The highest BCUT2D eigenvalue weighted by molar-refractivity contribution is 9.11. The molecule has 0 aliphatic carbocycles. The molecular weight excluding hydrogens is 478 g/mol. The van der Waals surface area contributed by atoms with Gasteiger partial charge in [-0.3, -0.25) is 0 Å². The molecule has 2 N–H and O–H groups in total. The highest BCUT2D eigenvalue weighted by Crippen LogP contribution is 2.36. The maximum atomic E-state index is 11.2. The Hall–Kier alpha value is 0.370. The number of primary sulfonamides is 1. The highest BCUT2D eigenvalue weighted by atomic mass is 79.9. The first kappa shape index (κ1) is 18.4. The molecule has 1 aromatic carbocycles. The minimum Gasteiger partial charge on any atom is -0.491 e. The SMILES string of the molecule is CC(C)C(COc1c(Br)cc(Br)cc1Br)CS(N)(=O)=O. The number of hydrogen-bond acceptors (Lipinski definition) is 3. The number of hydrogen-bond donors (Lipinski definition) is 1. The lowest BCUT2D eigenvalue weighted by Crippen LogP contribution is -2.30. The average molecular weight is 494 g/mol. The zero-order valence-corrected chi connectivity index (χ0v) is 16.6. The second-order valence-electron chi connectivity index (χ2n) is 4.84. The van der Waals surface area contributed by atoms with Crippen LogP contribution < -0.4 is 9.88 Å². The zero-order chi connectivity index (χ0) is 15.5. The second kappa shape index (κ2) is 7.58. The molecule has 114 valence electrons. The Morgan fingerprint density at radius 2 is 1.70 bits per heavy atom. The first-order chi connectivity index (χ1) is 9.10. The number of nitrogens with two attached hydrogens (primary N) is 1. The van der Waals surface area contributed by atoms with Crippen LogP contribution in [-0.4, -0.2) is 20.8 Å². The van der Waals surface area contributed by atoms with Crippen molar-refractivity contribution in [1.82, 2.24) is 0 Å². The molecule has 0 aromatic heterocycles. The number of sulfonamides is 1. The van der Waals surface area contributed by atoms with Crippen LogP contribution in [0.5, 0.6) is 5.75 Å². The van der Waals surface area contributed by atoms with Gasteiger partial charge in [-0.1, -0.05) is 29.8 Å². The Bertz CT molecular complexity index is 552. The Morgan fingerprint density at radius 1 is 1.20 bits per heavy atom. The molecule has 1 atom stereocenters. The topological polar surface area (TPSA) is 69.4 Å². The van der Waals surface area contributed by atoms with E-state index in [1.54, 1.807) is 0 Å². The van der Waals surface area contributed by atoms with Crippen molar-refractivity contribution in [2.75, 3.05) is 12.4 Å². The fourth-order valence-electron chi connectivity index (χ4n) is 1.59. The third-order valence-corrected chi connectivity index (χ3v) is 5.32. The van der Waals surface area contributed by atoms with Crippen LogP contribution in [0.2, 0.25) is 0 Å². The lowest BCUT2D eigenvalue weighted by molar-refractivity contribution is 0.222. The van der Waals surface area contributed by atoms with Crippen LogP contribution in [0.4, 0.5) is 0 Å². The van der Waals surface area contributed by atoms with Crippen molar-refractivity contribution in [3.63, 3.8) is 0 Å². The summed E-state index contributed by atoms with van der Waals surface area (Å²) >= 11 is 10.2. The summed E-state index contributed by atoms with van der Waals surface area (Å²) in [6, 6.07) is 3.73. The number of halogens is 3. The van der Waals surface area contributed by atoms with Gasteiger partial charge < -0.3 is 4.74 Å². The standard InChI is InChI=1S/C12H16Br3NO3S/c1-7(2)8(6-20(16,17)18)5-19-12-10(14)3-9(13)4-11(12)15/h3-4,7-8H,5-6H2,1-2H3,(H2,16,17,18). The summed E-state index contributed by atoms with van der Waals surface area (Å²) in [5, 5.41) is 5.11. The normalized spacial score (nSPS) is 13.6. The predicted molar refractivity (Wildman–Crippen MR) is 91.3 cm³/mol. The van der Waals surface area contributed by atoms with E-state index >= 15 is 0 Å². The molecule has 0 saturated carbocycles. The van der Waals surface area contributed by atoms with Crippen molar-refractivity contribution in [3.05, 3.63) is 25.6 Å². The minimum absolute atomic E-state index is 0.0869. The first-order valence-electron chi connectivity index (χ1n) is 5.88. The van der Waals surface area contributed by atoms with Gasteiger partial charge in [0.2, 0.25) is 10.0 Å². The minimum atomic E-state index is -3.51. The highest BCUT2D eigenvalue weighted by Gasteiger charge is 2.21. The van der Waals surface area contributed by atoms with Gasteiger partial charge in [-0.2, -0.15) is 0 Å². The van der Waals surface area contributed by atoms with Gasteiger partial charge in [-0.25, -0.2) is 13.6 Å². The van der Waals surface area contributed by atoms with Crippen LogP contribution in [0, 0.1) is 11.8 Å². The van der Waals surface area contributed by atoms with E-state index in [-0.39, 0.29) is 24.2 Å². The monoisotopic (exact) mass is 491 g/mol. The van der Waals surface area contributed by atoms with E-state index in [0.29, 0.717) is 5.75 Å². The Morgan fingerprint density at radius 3 is 2.10 bits per heavy atom. The average Bonchev–Trinajstić information content (AvgIpc) is 2.23. The molecule has 0 fully saturated rings. The predicted octanol–water partition coefficient (Wildman–Crippen LogP) is 3.91. The van der Waals surface area contributed by atoms with Crippen LogP contribution in [0.25, 0.3) is 0 Å². The van der Waals surface area contributed by atoms with E-state index in [0.717, 1.165) is 13.4 Å². The number of ether oxygens (including phenoxy) is 1. The molecular formula is C12H16Br3NO3S. The Labute approximate surface area is 144 Å². The van der Waals surface area contributed by atoms with E-state index in [4.69, 9.17) is 9.88 Å². The van der Waals surface area contributed by atoms with Gasteiger partial charge in [-0.05, 0) is 49.9 Å². The molecule has 0 radical (unpaired) electrons. The molecule has 0 bridgehead atoms. The smallest absolute Gasteiger partial charge is 0.209 e. The molecule has 1 unspecified atom stereocenters. The fraction of sp³-hybridized carbons (Fsp3) is 0.500. The van der Waals surface area contributed by atoms with E-state index in [2.05, 4.69) is 47.8 Å². The van der Waals surface area contributed by atoms with Crippen LogP contribution >= 0.6 is 47.8 Å². The third-order valence-electron chi connectivity index (χ3n) is 2.79. The molecule has 0 spiro atoms. The number of rotatable bonds is 6. The van der Waals surface area contributed by atoms with Crippen molar-refractivity contribution < 1.29 is 13.2 Å². The first-order valence-corrected chi connectivity index (χ1v) is 9.97. The molecule has 0 heterocycles. The van der Waals surface area contributed by atoms with Crippen LogP contribution in [-0.2, 0) is 10.0 Å². The van der Waals surface area contributed by atoms with Crippen LogP contribution in [0.1, 0.15) is 13.8 Å². The van der Waals surface area contributed by atoms with Gasteiger partial charge in [0.15, 0.2) is 0 Å². The van der Waals surface area contributed by atoms with Gasteiger partial charge in [0.1, 0.15) is 5.75 Å². The lowest BCUT2D eigenvalue weighted by Gasteiger charge is -2.21. The lowest BCUT2D eigenvalue weighted by atomic mass is 9.99. The maximum absolute atomic E-state index is 11.2. The number of benzene rings is 1. The molecule has 0 saturated heterocycles. The molecule has 1 aromatic rings. The summed E-state index contributed by atoms with van der Waals surface area (Å²) in [7, 11) is -3.51. The summed E-state index contributed by atoms with van der Waals surface area (Å²) in [6.45, 7) is 4.18. The second-order valence-corrected chi connectivity index (χ2v) is 9.13. The molecule has 1 rings (SSSR count). The van der Waals surface area contributed by atoms with Gasteiger partial charge >= 0.3 is 0 Å². The molecule has 20 heavy (non-hydrogen) atoms. The summed E-state index contributed by atoms with van der Waals surface area (Å²) in [5.41, 5.74) is 0. The largest absolute Gasteiger partial charge is 0.491 e. The van der Waals surface area contributed by atoms with Gasteiger partial charge in [-0.15, -0.1) is 0 Å². The van der Waals surface area contributed by atoms with Gasteiger partial charge in [0.25, 0.3) is 0 Å². The maximum Gasteiger partial charge on any atom is 0.209 e. The van der Waals surface area contributed by atoms with Crippen molar-refractivity contribution >= 4 is 57.8 Å². The third kappa shape index (κ3) is 6.01. The van der Waals surface area contributed by atoms with E-state index in [9.17, 15) is 8.42 Å². The molecule has 0 aliphatic heterocycles. The van der Waals surface area contributed by atoms with E-state index < -0.39 is 10.0 Å². The Balaban J connectivity index is 2.83. The van der Waals surface area contributed by atoms with Crippen molar-refractivity contribution in [3.8, 4) is 5.75 Å². The van der Waals surface area contributed by atoms with Crippen molar-refractivity contribution in [2.24, 2.45) is 17.0 Å². The summed E-state index contributed by atoms with van der Waals surface area (Å²) < 4.78 is 30.7. The van der Waals surface area contributed by atoms with Crippen LogP contribution in [0.3, 0.4) is 0 Å². The van der Waals surface area contributed by atoms with E-state index in [1.807, 2.05) is 26.0 Å². The molecule has 0 amide bonds. The summed E-state index contributed by atoms with van der Waals surface area (Å²) in [4.78, 5) is 0. The zero-order valence-electron chi connectivity index (χ0n) is 11.1. The quantitative estimate of drug-likeness (QED) is 0.653. The van der Waals surface area contributed by atoms with Crippen molar-refractivity contribution in [1.29, 1.82) is 0 Å². The molecule has 8 heteroatoms. The van der Waals surface area contributed by atoms with Gasteiger partial charge in [0.05, 0.1) is 21.3 Å². The molecule has 0 aliphatic rings. The Kier molecular flexibility index (Phi) is 6.98. The molecule has 4 nitrogen and oxygen atoms in total. The van der Waals surface area contributed by atoms with Crippen LogP contribution in [0.15, 0.2) is 25.6 Å². The van der Waals surface area contributed by atoms with Gasteiger partial charge in [0, 0.05) is 10.4 Å². The van der Waals surface area contributed by atoms with E-state index in [1.165, 1.54) is 0 Å².